The Morgan fingerprint density at radius 1 is 1.30 bits per heavy atom. The van der Waals surface area contributed by atoms with E-state index in [1.54, 1.807) is 18.2 Å². The molecule has 0 saturated heterocycles. The predicted octanol–water partition coefficient (Wildman–Crippen LogP) is 3.03. The first-order valence-corrected chi connectivity index (χ1v) is 8.00. The molecule has 0 radical (unpaired) electrons. The molecule has 122 valence electrons. The van der Waals surface area contributed by atoms with E-state index in [9.17, 15) is 9.59 Å². The van der Waals surface area contributed by atoms with Gasteiger partial charge in [-0.1, -0.05) is 11.6 Å². The highest BCUT2D eigenvalue weighted by molar-refractivity contribution is 5.96. The number of hydrogen-bond acceptors (Lipinski definition) is 3. The van der Waals surface area contributed by atoms with Gasteiger partial charge in [-0.3, -0.25) is 4.79 Å². The quantitative estimate of drug-likeness (QED) is 0.747. The van der Waals surface area contributed by atoms with Gasteiger partial charge in [0.2, 0.25) is 0 Å². The number of nitrogens with one attached hydrogen (secondary N) is 3. The number of allylic oxidation sites excluding steroid dienone is 1. The standard InChI is InChI=1S/C17H21N3O3/c21-16-11-23-15-10-13(6-7-14(15)20-16)19-17(22)18-9-8-12-4-2-1-3-5-12/h4,6-7,10H,1-3,5,8-9,11H2,(H,20,21)(H2,18,19,22). The first-order valence-electron chi connectivity index (χ1n) is 8.00. The van der Waals surface area contributed by atoms with Crippen molar-refractivity contribution in [2.24, 2.45) is 0 Å². The summed E-state index contributed by atoms with van der Waals surface area (Å²) in [6, 6.07) is 4.92. The third-order valence-corrected chi connectivity index (χ3v) is 3.99. The lowest BCUT2D eigenvalue weighted by atomic mass is 9.97. The zero-order valence-corrected chi connectivity index (χ0v) is 13.0. The number of fused-ring (bicyclic) bond motifs is 1. The summed E-state index contributed by atoms with van der Waals surface area (Å²) < 4.78 is 5.33. The number of carbonyl (C=O) groups excluding carboxylic acids is 2. The summed E-state index contributed by atoms with van der Waals surface area (Å²) in [6.45, 7) is 0.632. The number of carbonyl (C=O) groups is 2. The first kappa shape index (κ1) is 15.4. The predicted molar refractivity (Wildman–Crippen MR) is 88.8 cm³/mol. The molecule has 2 aliphatic rings. The van der Waals surface area contributed by atoms with E-state index in [4.69, 9.17) is 4.74 Å². The van der Waals surface area contributed by atoms with Crippen molar-refractivity contribution >= 4 is 23.3 Å². The smallest absolute Gasteiger partial charge is 0.319 e. The van der Waals surface area contributed by atoms with Gasteiger partial charge < -0.3 is 20.7 Å². The van der Waals surface area contributed by atoms with E-state index < -0.39 is 0 Å². The fraction of sp³-hybridized carbons (Fsp3) is 0.412. The summed E-state index contributed by atoms with van der Waals surface area (Å²) in [6.07, 6.45) is 8.04. The number of urea groups is 1. The van der Waals surface area contributed by atoms with Crippen LogP contribution in [0.25, 0.3) is 0 Å². The highest BCUT2D eigenvalue weighted by Gasteiger charge is 2.16. The Balaban J connectivity index is 1.48. The summed E-state index contributed by atoms with van der Waals surface area (Å²) in [7, 11) is 0. The van der Waals surface area contributed by atoms with Crippen molar-refractivity contribution in [2.45, 2.75) is 32.1 Å². The van der Waals surface area contributed by atoms with Crippen LogP contribution in [0.4, 0.5) is 16.2 Å². The second kappa shape index (κ2) is 7.17. The fourth-order valence-electron chi connectivity index (χ4n) is 2.80. The second-order valence-corrected chi connectivity index (χ2v) is 5.79. The monoisotopic (exact) mass is 315 g/mol. The molecule has 0 atom stereocenters. The molecular formula is C17H21N3O3. The third kappa shape index (κ3) is 4.25. The average Bonchev–Trinajstić information content (AvgIpc) is 2.56. The van der Waals surface area contributed by atoms with E-state index in [0.717, 1.165) is 19.3 Å². The van der Waals surface area contributed by atoms with Gasteiger partial charge in [0.15, 0.2) is 6.61 Å². The molecule has 6 heteroatoms. The number of rotatable bonds is 4. The van der Waals surface area contributed by atoms with E-state index in [-0.39, 0.29) is 18.5 Å². The molecule has 0 unspecified atom stereocenters. The van der Waals surface area contributed by atoms with E-state index in [2.05, 4.69) is 22.0 Å². The zero-order chi connectivity index (χ0) is 16.1. The number of amides is 3. The maximum absolute atomic E-state index is 11.9. The molecule has 0 aromatic heterocycles. The minimum atomic E-state index is -0.235. The molecule has 0 bridgehead atoms. The number of ether oxygens (including phenoxy) is 1. The van der Waals surface area contributed by atoms with Gasteiger partial charge in [0.05, 0.1) is 5.69 Å². The molecule has 0 fully saturated rings. The van der Waals surface area contributed by atoms with Crippen LogP contribution in [0.5, 0.6) is 5.75 Å². The summed E-state index contributed by atoms with van der Waals surface area (Å²) >= 11 is 0. The lowest BCUT2D eigenvalue weighted by Crippen LogP contribution is -2.30. The van der Waals surface area contributed by atoms with E-state index in [1.165, 1.54) is 18.4 Å². The summed E-state index contributed by atoms with van der Waals surface area (Å²) in [5.41, 5.74) is 2.69. The van der Waals surface area contributed by atoms with Gasteiger partial charge in [-0.05, 0) is 44.2 Å². The molecule has 1 heterocycles. The number of hydrogen-bond donors (Lipinski definition) is 3. The highest BCUT2D eigenvalue weighted by atomic mass is 16.5. The Morgan fingerprint density at radius 2 is 2.22 bits per heavy atom. The zero-order valence-electron chi connectivity index (χ0n) is 13.0. The van der Waals surface area contributed by atoms with Gasteiger partial charge in [0, 0.05) is 18.3 Å². The Bertz CT molecular complexity index is 640. The molecule has 1 aromatic carbocycles. The molecule has 0 saturated carbocycles. The first-order chi connectivity index (χ1) is 11.2. The van der Waals surface area contributed by atoms with Gasteiger partial charge in [0.1, 0.15) is 5.75 Å². The minimum absolute atomic E-state index is 0.00222. The SMILES string of the molecule is O=C1COc2cc(NC(=O)NCCC3=CCCCC3)ccc2N1. The summed E-state index contributed by atoms with van der Waals surface area (Å²) in [5.74, 6) is 0.391. The summed E-state index contributed by atoms with van der Waals surface area (Å²) in [5, 5.41) is 8.36. The normalized spacial score (nSPS) is 16.5. The van der Waals surface area contributed by atoms with Gasteiger partial charge >= 0.3 is 6.03 Å². The van der Waals surface area contributed by atoms with Gasteiger partial charge in [-0.2, -0.15) is 0 Å². The summed E-state index contributed by atoms with van der Waals surface area (Å²) in [4.78, 5) is 23.1. The molecule has 0 spiro atoms. The van der Waals surface area contributed by atoms with Crippen LogP contribution in [-0.2, 0) is 4.79 Å². The Labute approximate surface area is 135 Å². The van der Waals surface area contributed by atoms with Crippen molar-refractivity contribution in [1.82, 2.24) is 5.32 Å². The van der Waals surface area contributed by atoms with Crippen LogP contribution in [0.3, 0.4) is 0 Å². The molecule has 3 rings (SSSR count). The lowest BCUT2D eigenvalue weighted by Gasteiger charge is -2.18. The van der Waals surface area contributed by atoms with E-state index in [0.29, 0.717) is 23.7 Å². The Hall–Kier alpha value is -2.50. The van der Waals surface area contributed by atoms with Crippen LogP contribution in [-0.4, -0.2) is 25.1 Å². The van der Waals surface area contributed by atoms with Crippen molar-refractivity contribution in [3.8, 4) is 5.75 Å². The molecule has 1 aliphatic carbocycles. The highest BCUT2D eigenvalue weighted by Crippen LogP contribution is 2.30. The van der Waals surface area contributed by atoms with Crippen molar-refractivity contribution in [3.63, 3.8) is 0 Å². The van der Waals surface area contributed by atoms with Crippen molar-refractivity contribution in [1.29, 1.82) is 0 Å². The van der Waals surface area contributed by atoms with Crippen LogP contribution < -0.4 is 20.7 Å². The van der Waals surface area contributed by atoms with Crippen molar-refractivity contribution in [2.75, 3.05) is 23.8 Å². The average molecular weight is 315 g/mol. The Morgan fingerprint density at radius 3 is 3.04 bits per heavy atom. The number of anilines is 2. The van der Waals surface area contributed by atoms with Crippen molar-refractivity contribution in [3.05, 3.63) is 29.8 Å². The number of benzene rings is 1. The van der Waals surface area contributed by atoms with Gasteiger partial charge in [-0.15, -0.1) is 0 Å². The second-order valence-electron chi connectivity index (χ2n) is 5.79. The third-order valence-electron chi connectivity index (χ3n) is 3.99. The maximum Gasteiger partial charge on any atom is 0.319 e. The van der Waals surface area contributed by atoms with Crippen LogP contribution >= 0.6 is 0 Å². The topological polar surface area (TPSA) is 79.5 Å². The van der Waals surface area contributed by atoms with Crippen LogP contribution in [0.2, 0.25) is 0 Å². The van der Waals surface area contributed by atoms with E-state index >= 15 is 0 Å². The van der Waals surface area contributed by atoms with Gasteiger partial charge in [-0.25, -0.2) is 4.79 Å². The molecule has 3 N–H and O–H groups in total. The molecule has 1 aliphatic heterocycles. The van der Waals surface area contributed by atoms with Crippen molar-refractivity contribution < 1.29 is 14.3 Å². The molecule has 3 amide bonds. The molecule has 23 heavy (non-hydrogen) atoms. The van der Waals surface area contributed by atoms with E-state index in [1.807, 2.05) is 0 Å². The van der Waals surface area contributed by atoms with Crippen LogP contribution in [0.15, 0.2) is 29.8 Å². The van der Waals surface area contributed by atoms with Gasteiger partial charge in [0.25, 0.3) is 5.91 Å². The largest absolute Gasteiger partial charge is 0.482 e. The molecule has 6 nitrogen and oxygen atoms in total. The molecular weight excluding hydrogens is 294 g/mol. The maximum atomic E-state index is 11.9. The minimum Gasteiger partial charge on any atom is -0.482 e. The fourth-order valence-corrected chi connectivity index (χ4v) is 2.80. The van der Waals surface area contributed by atoms with Crippen LogP contribution in [0, 0.1) is 0 Å². The lowest BCUT2D eigenvalue weighted by molar-refractivity contribution is -0.118. The van der Waals surface area contributed by atoms with Crippen LogP contribution in [0.1, 0.15) is 32.1 Å². The Kier molecular flexibility index (Phi) is 4.80. The molecule has 1 aromatic rings.